The fourth-order valence-corrected chi connectivity index (χ4v) is 2.28. The van der Waals surface area contributed by atoms with Gasteiger partial charge in [-0.3, -0.25) is 0 Å². The molecule has 0 saturated carbocycles. The molecule has 2 aromatic carbocycles. The summed E-state index contributed by atoms with van der Waals surface area (Å²) in [6.45, 7) is 0.307. The molecule has 4 N–H and O–H groups in total. The monoisotopic (exact) mass is 368 g/mol. The van der Waals surface area contributed by atoms with E-state index in [4.69, 9.17) is 9.47 Å². The zero-order chi connectivity index (χ0) is 19.8. The summed E-state index contributed by atoms with van der Waals surface area (Å²) in [5, 5.41) is 40.9. The van der Waals surface area contributed by atoms with Gasteiger partial charge in [-0.05, 0) is 41.5 Å². The molecule has 0 amide bonds. The van der Waals surface area contributed by atoms with Gasteiger partial charge >= 0.3 is 0 Å². The minimum Gasteiger partial charge on any atom is -0.504 e. The highest BCUT2D eigenvalue weighted by Gasteiger charge is 2.09. The van der Waals surface area contributed by atoms with Gasteiger partial charge in [0.2, 0.25) is 5.75 Å². The van der Waals surface area contributed by atoms with Gasteiger partial charge in [0.05, 0.1) is 14.2 Å². The van der Waals surface area contributed by atoms with Crippen molar-refractivity contribution >= 4 is 6.08 Å². The van der Waals surface area contributed by atoms with Crippen molar-refractivity contribution in [1.29, 1.82) is 5.26 Å². The maximum atomic E-state index is 9.91. The molecule has 27 heavy (non-hydrogen) atoms. The topological polar surface area (TPSA) is 115 Å². The Hall–Kier alpha value is -3.79. The van der Waals surface area contributed by atoms with E-state index in [1.165, 1.54) is 26.4 Å². The number of allylic oxidation sites excluding steroid dienone is 3. The molecule has 7 nitrogen and oxygen atoms in total. The van der Waals surface area contributed by atoms with Crippen LogP contribution in [-0.2, 0) is 6.54 Å². The molecule has 0 bridgehead atoms. The quantitative estimate of drug-likeness (QED) is 0.337. The highest BCUT2D eigenvalue weighted by molar-refractivity contribution is 5.62. The number of aromatic hydroxyl groups is 3. The Kier molecular flexibility index (Phi) is 6.55. The van der Waals surface area contributed by atoms with Crippen molar-refractivity contribution in [2.75, 3.05) is 14.2 Å². The highest BCUT2D eigenvalue weighted by atomic mass is 16.5. The molecule has 0 saturated heterocycles. The molecule has 0 spiro atoms. The highest BCUT2D eigenvalue weighted by Crippen LogP contribution is 2.37. The number of hydrogen-bond acceptors (Lipinski definition) is 7. The van der Waals surface area contributed by atoms with E-state index in [0.29, 0.717) is 17.8 Å². The molecule has 7 heteroatoms. The summed E-state index contributed by atoms with van der Waals surface area (Å²) in [5.74, 6) is 0.0705. The first kappa shape index (κ1) is 19.5. The van der Waals surface area contributed by atoms with E-state index in [1.54, 1.807) is 36.4 Å². The van der Waals surface area contributed by atoms with E-state index in [0.717, 1.165) is 5.56 Å². The molecule has 0 heterocycles. The van der Waals surface area contributed by atoms with Crippen molar-refractivity contribution < 1.29 is 24.8 Å². The van der Waals surface area contributed by atoms with Crippen LogP contribution in [0.15, 0.2) is 48.2 Å². The van der Waals surface area contributed by atoms with Crippen LogP contribution in [0, 0.1) is 11.3 Å². The van der Waals surface area contributed by atoms with Crippen LogP contribution in [0.1, 0.15) is 11.1 Å². The van der Waals surface area contributed by atoms with E-state index in [9.17, 15) is 20.6 Å². The van der Waals surface area contributed by atoms with Crippen LogP contribution in [0.2, 0.25) is 0 Å². The van der Waals surface area contributed by atoms with E-state index >= 15 is 0 Å². The number of rotatable bonds is 7. The molecular weight excluding hydrogens is 348 g/mol. The van der Waals surface area contributed by atoms with Gasteiger partial charge in [-0.15, -0.1) is 0 Å². The van der Waals surface area contributed by atoms with E-state index in [1.807, 2.05) is 6.07 Å². The van der Waals surface area contributed by atoms with Gasteiger partial charge in [0.15, 0.2) is 23.0 Å². The fourth-order valence-electron chi connectivity index (χ4n) is 2.28. The second-order valence-corrected chi connectivity index (χ2v) is 5.50. The van der Waals surface area contributed by atoms with Gasteiger partial charge in [-0.25, -0.2) is 0 Å². The number of nitrogens with zero attached hydrogens (tertiary/aromatic N) is 1. The van der Waals surface area contributed by atoms with E-state index < -0.39 is 0 Å². The number of methoxy groups -OCH3 is 2. The van der Waals surface area contributed by atoms with Crippen molar-refractivity contribution in [1.82, 2.24) is 5.32 Å². The van der Waals surface area contributed by atoms with Gasteiger partial charge in [0.1, 0.15) is 11.8 Å². The standard InChI is InChI=1S/C20H20N2O5/c1-26-18-9-13(10-19(27-2)20(18)25)4-3-5-15(11-21)22-12-14-6-7-16(23)17(24)8-14/h3-10,22-25H,12H2,1-2H3. The lowest BCUT2D eigenvalue weighted by atomic mass is 10.1. The Morgan fingerprint density at radius 3 is 2.30 bits per heavy atom. The number of ether oxygens (including phenoxy) is 2. The minimum absolute atomic E-state index is 0.0794. The van der Waals surface area contributed by atoms with E-state index in [-0.39, 0.29) is 28.7 Å². The van der Waals surface area contributed by atoms with E-state index in [2.05, 4.69) is 5.32 Å². The van der Waals surface area contributed by atoms with Gasteiger partial charge in [0, 0.05) is 6.54 Å². The molecule has 2 rings (SSSR count). The fraction of sp³-hybridized carbons (Fsp3) is 0.150. The smallest absolute Gasteiger partial charge is 0.200 e. The van der Waals surface area contributed by atoms with Crippen LogP contribution in [0.5, 0.6) is 28.7 Å². The van der Waals surface area contributed by atoms with Crippen LogP contribution >= 0.6 is 0 Å². The minimum atomic E-state index is -0.216. The first-order chi connectivity index (χ1) is 13.0. The van der Waals surface area contributed by atoms with Crippen LogP contribution in [0.4, 0.5) is 0 Å². The Morgan fingerprint density at radius 2 is 1.74 bits per heavy atom. The SMILES string of the molecule is COc1cc(C=CC=C(C#N)NCc2ccc(O)c(O)c2)cc(OC)c1O. The van der Waals surface area contributed by atoms with Crippen LogP contribution < -0.4 is 14.8 Å². The van der Waals surface area contributed by atoms with Crippen LogP contribution in [-0.4, -0.2) is 29.5 Å². The Bertz CT molecular complexity index is 888. The van der Waals surface area contributed by atoms with Gasteiger partial charge in [0.25, 0.3) is 0 Å². The first-order valence-corrected chi connectivity index (χ1v) is 7.96. The molecule has 0 aliphatic rings. The average molecular weight is 368 g/mol. The summed E-state index contributed by atoms with van der Waals surface area (Å²) in [7, 11) is 2.89. The predicted octanol–water partition coefficient (Wildman–Crippen LogP) is 3.03. The summed E-state index contributed by atoms with van der Waals surface area (Å²) < 4.78 is 10.2. The second-order valence-electron chi connectivity index (χ2n) is 5.50. The summed E-state index contributed by atoms with van der Waals surface area (Å²) in [4.78, 5) is 0. The normalized spacial score (nSPS) is 11.2. The first-order valence-electron chi connectivity index (χ1n) is 7.96. The lowest BCUT2D eigenvalue weighted by molar-refractivity contribution is 0.340. The third-order valence-corrected chi connectivity index (χ3v) is 3.70. The largest absolute Gasteiger partial charge is 0.504 e. The van der Waals surface area contributed by atoms with Crippen molar-refractivity contribution in [2.45, 2.75) is 6.54 Å². The molecular formula is C20H20N2O5. The second kappa shape index (κ2) is 9.06. The predicted molar refractivity (Wildman–Crippen MR) is 101 cm³/mol. The Morgan fingerprint density at radius 1 is 1.07 bits per heavy atom. The molecule has 0 radical (unpaired) electrons. The maximum Gasteiger partial charge on any atom is 0.200 e. The number of phenolic OH excluding ortho intramolecular Hbond substituents is 3. The van der Waals surface area contributed by atoms with Gasteiger partial charge in [-0.1, -0.05) is 18.2 Å². The number of phenols is 3. The molecule has 0 aliphatic carbocycles. The van der Waals surface area contributed by atoms with Crippen molar-refractivity contribution in [3.8, 4) is 34.8 Å². The zero-order valence-corrected chi connectivity index (χ0v) is 14.9. The molecule has 0 aliphatic heterocycles. The Balaban J connectivity index is 2.10. The molecule has 2 aromatic rings. The Labute approximate surface area is 157 Å². The molecule has 0 atom stereocenters. The van der Waals surface area contributed by atoms with Crippen LogP contribution in [0.3, 0.4) is 0 Å². The summed E-state index contributed by atoms with van der Waals surface area (Å²) in [5.41, 5.74) is 1.75. The molecule has 140 valence electrons. The van der Waals surface area contributed by atoms with Crippen molar-refractivity contribution in [2.24, 2.45) is 0 Å². The van der Waals surface area contributed by atoms with Gasteiger partial charge < -0.3 is 30.1 Å². The summed E-state index contributed by atoms with van der Waals surface area (Å²) in [6.07, 6.45) is 4.99. The average Bonchev–Trinajstić information content (AvgIpc) is 2.68. The van der Waals surface area contributed by atoms with Crippen LogP contribution in [0.25, 0.3) is 6.08 Å². The summed E-state index contributed by atoms with van der Waals surface area (Å²) in [6, 6.07) is 9.76. The third-order valence-electron chi connectivity index (χ3n) is 3.70. The number of benzene rings is 2. The molecule has 0 aromatic heterocycles. The maximum absolute atomic E-state index is 9.91. The summed E-state index contributed by atoms with van der Waals surface area (Å²) >= 11 is 0. The molecule has 0 unspecified atom stereocenters. The molecule has 0 fully saturated rings. The third kappa shape index (κ3) is 5.09. The van der Waals surface area contributed by atoms with Crippen molar-refractivity contribution in [3.63, 3.8) is 0 Å². The van der Waals surface area contributed by atoms with Gasteiger partial charge in [-0.2, -0.15) is 5.26 Å². The van der Waals surface area contributed by atoms with Crippen molar-refractivity contribution in [3.05, 3.63) is 59.3 Å². The number of nitrogens with one attached hydrogen (secondary N) is 1. The number of hydrogen-bond donors (Lipinski definition) is 4. The number of nitriles is 1. The lowest BCUT2D eigenvalue weighted by Gasteiger charge is -2.09. The lowest BCUT2D eigenvalue weighted by Crippen LogP contribution is -2.11. The zero-order valence-electron chi connectivity index (χ0n) is 14.9.